The summed E-state index contributed by atoms with van der Waals surface area (Å²) in [6.45, 7) is 3.13. The van der Waals surface area contributed by atoms with Gasteiger partial charge in [0.1, 0.15) is 0 Å². The molecule has 0 aliphatic heterocycles. The van der Waals surface area contributed by atoms with Crippen LogP contribution in [0.3, 0.4) is 0 Å². The molecule has 0 aliphatic rings. The molecule has 0 saturated carbocycles. The van der Waals surface area contributed by atoms with Gasteiger partial charge in [-0.15, -0.1) is 22.7 Å². The van der Waals surface area contributed by atoms with Crippen molar-refractivity contribution in [3.8, 4) is 0 Å². The van der Waals surface area contributed by atoms with Gasteiger partial charge in [0.15, 0.2) is 0 Å². The minimum atomic E-state index is 0.353. The molecule has 0 spiro atoms. The first-order chi connectivity index (χ1) is 7.31. The zero-order chi connectivity index (χ0) is 10.7. The summed E-state index contributed by atoms with van der Waals surface area (Å²) in [5.41, 5.74) is 0. The summed E-state index contributed by atoms with van der Waals surface area (Å²) in [4.78, 5) is 2.75. The highest BCUT2D eigenvalue weighted by Gasteiger charge is 2.15. The van der Waals surface area contributed by atoms with Crippen molar-refractivity contribution in [2.24, 2.45) is 0 Å². The van der Waals surface area contributed by atoms with Gasteiger partial charge in [0.2, 0.25) is 0 Å². The van der Waals surface area contributed by atoms with Crippen LogP contribution in [0.4, 0.5) is 0 Å². The third-order valence-electron chi connectivity index (χ3n) is 2.11. The van der Waals surface area contributed by atoms with E-state index in [-0.39, 0.29) is 0 Å². The normalized spacial score (nSPS) is 12.9. The molecule has 1 nitrogen and oxygen atoms in total. The quantitative estimate of drug-likeness (QED) is 0.889. The fourth-order valence-corrected chi connectivity index (χ4v) is 3.90. The molecule has 1 atom stereocenters. The smallest absolute Gasteiger partial charge is 0.0765 e. The van der Waals surface area contributed by atoms with Crippen molar-refractivity contribution in [1.29, 1.82) is 0 Å². The van der Waals surface area contributed by atoms with Crippen LogP contribution >= 0.6 is 38.6 Å². The Morgan fingerprint density at radius 2 is 2.20 bits per heavy atom. The molecule has 0 fully saturated rings. The highest BCUT2D eigenvalue weighted by atomic mass is 79.9. The second-order valence-corrected chi connectivity index (χ2v) is 6.62. The molecule has 2 aromatic rings. The van der Waals surface area contributed by atoms with Gasteiger partial charge in [-0.05, 0) is 46.1 Å². The van der Waals surface area contributed by atoms with E-state index in [1.54, 1.807) is 22.7 Å². The number of hydrogen-bond donors (Lipinski definition) is 1. The van der Waals surface area contributed by atoms with Crippen molar-refractivity contribution < 1.29 is 0 Å². The van der Waals surface area contributed by atoms with Crippen LogP contribution in [-0.4, -0.2) is 6.54 Å². The van der Waals surface area contributed by atoms with Gasteiger partial charge in [0, 0.05) is 9.75 Å². The summed E-state index contributed by atoms with van der Waals surface area (Å²) in [6.07, 6.45) is 0. The van der Waals surface area contributed by atoms with Crippen molar-refractivity contribution in [2.45, 2.75) is 13.0 Å². The molecule has 15 heavy (non-hydrogen) atoms. The first-order valence-electron chi connectivity index (χ1n) is 4.83. The molecule has 0 radical (unpaired) electrons. The highest BCUT2D eigenvalue weighted by molar-refractivity contribution is 9.11. The third-order valence-corrected chi connectivity index (χ3v) is 4.74. The molecule has 1 unspecified atom stereocenters. The maximum atomic E-state index is 3.51. The van der Waals surface area contributed by atoms with E-state index in [2.05, 4.69) is 57.8 Å². The second-order valence-electron chi connectivity index (χ2n) is 3.15. The Morgan fingerprint density at radius 1 is 1.33 bits per heavy atom. The molecule has 2 aromatic heterocycles. The Labute approximate surface area is 106 Å². The Bertz CT molecular complexity index is 408. The molecule has 0 saturated heterocycles. The molecular weight excluding hydrogens is 290 g/mol. The first kappa shape index (κ1) is 11.3. The van der Waals surface area contributed by atoms with Gasteiger partial charge < -0.3 is 5.32 Å². The van der Waals surface area contributed by atoms with Crippen LogP contribution < -0.4 is 5.32 Å². The molecule has 1 N–H and O–H groups in total. The van der Waals surface area contributed by atoms with Crippen LogP contribution in [-0.2, 0) is 0 Å². The van der Waals surface area contributed by atoms with E-state index in [0.29, 0.717) is 6.04 Å². The van der Waals surface area contributed by atoms with Crippen molar-refractivity contribution in [3.05, 3.63) is 43.2 Å². The molecular formula is C11H12BrNS2. The molecule has 0 aliphatic carbocycles. The van der Waals surface area contributed by atoms with Gasteiger partial charge in [-0.3, -0.25) is 0 Å². The van der Waals surface area contributed by atoms with Crippen molar-refractivity contribution in [1.82, 2.24) is 5.32 Å². The Morgan fingerprint density at radius 3 is 2.73 bits per heavy atom. The number of nitrogens with one attached hydrogen (secondary N) is 1. The van der Waals surface area contributed by atoms with Crippen LogP contribution in [0.2, 0.25) is 0 Å². The summed E-state index contributed by atoms with van der Waals surface area (Å²) >= 11 is 7.11. The lowest BCUT2D eigenvalue weighted by Gasteiger charge is -2.14. The lowest BCUT2D eigenvalue weighted by Crippen LogP contribution is -2.19. The second kappa shape index (κ2) is 5.25. The number of halogens is 1. The third kappa shape index (κ3) is 2.69. The number of thiophene rings is 2. The molecule has 4 heteroatoms. The Balaban J connectivity index is 2.27. The topological polar surface area (TPSA) is 12.0 Å². The highest BCUT2D eigenvalue weighted by Crippen LogP contribution is 2.32. The Kier molecular flexibility index (Phi) is 3.97. The van der Waals surface area contributed by atoms with Gasteiger partial charge in [-0.2, -0.15) is 0 Å². The van der Waals surface area contributed by atoms with E-state index in [4.69, 9.17) is 0 Å². The van der Waals surface area contributed by atoms with E-state index >= 15 is 0 Å². The minimum Gasteiger partial charge on any atom is -0.305 e. The average Bonchev–Trinajstić information content (AvgIpc) is 2.85. The summed E-state index contributed by atoms with van der Waals surface area (Å²) < 4.78 is 1.19. The number of hydrogen-bond acceptors (Lipinski definition) is 3. The summed E-state index contributed by atoms with van der Waals surface area (Å²) in [6, 6.07) is 8.93. The summed E-state index contributed by atoms with van der Waals surface area (Å²) in [5.74, 6) is 0. The summed E-state index contributed by atoms with van der Waals surface area (Å²) in [7, 11) is 0. The molecule has 2 heterocycles. The van der Waals surface area contributed by atoms with Gasteiger partial charge >= 0.3 is 0 Å². The van der Waals surface area contributed by atoms with Crippen LogP contribution in [0.25, 0.3) is 0 Å². The SMILES string of the molecule is CCNC(c1cccs1)c1ccc(Br)s1. The fourth-order valence-electron chi connectivity index (χ4n) is 1.48. The van der Waals surface area contributed by atoms with E-state index in [1.807, 2.05) is 0 Å². The predicted molar refractivity (Wildman–Crippen MR) is 71.9 cm³/mol. The molecule has 0 amide bonds. The van der Waals surface area contributed by atoms with Crippen molar-refractivity contribution >= 4 is 38.6 Å². The van der Waals surface area contributed by atoms with E-state index in [0.717, 1.165) is 6.54 Å². The van der Waals surface area contributed by atoms with Gasteiger partial charge in [-0.25, -0.2) is 0 Å². The largest absolute Gasteiger partial charge is 0.305 e. The minimum absolute atomic E-state index is 0.353. The van der Waals surface area contributed by atoms with Crippen LogP contribution in [0, 0.1) is 0 Å². The van der Waals surface area contributed by atoms with Gasteiger partial charge in [0.25, 0.3) is 0 Å². The monoisotopic (exact) mass is 301 g/mol. The lowest BCUT2D eigenvalue weighted by molar-refractivity contribution is 0.649. The zero-order valence-corrected chi connectivity index (χ0v) is 11.6. The van der Waals surface area contributed by atoms with Gasteiger partial charge in [0.05, 0.1) is 9.83 Å². The van der Waals surface area contributed by atoms with Crippen LogP contribution in [0.5, 0.6) is 0 Å². The van der Waals surface area contributed by atoms with E-state index in [9.17, 15) is 0 Å². The maximum Gasteiger partial charge on any atom is 0.0765 e. The standard InChI is InChI=1S/C11H12BrNS2/c1-2-13-11(8-4-3-7-14-8)9-5-6-10(12)15-9/h3-7,11,13H,2H2,1H3. The predicted octanol–water partition coefficient (Wildman–Crippen LogP) is 4.27. The Hall–Kier alpha value is -0.160. The number of rotatable bonds is 4. The molecule has 0 bridgehead atoms. The molecule has 80 valence electrons. The molecule has 0 aromatic carbocycles. The van der Waals surface area contributed by atoms with Crippen LogP contribution in [0.15, 0.2) is 33.4 Å². The van der Waals surface area contributed by atoms with E-state index < -0.39 is 0 Å². The van der Waals surface area contributed by atoms with Crippen molar-refractivity contribution in [2.75, 3.05) is 6.54 Å². The first-order valence-corrected chi connectivity index (χ1v) is 7.32. The van der Waals surface area contributed by atoms with E-state index in [1.165, 1.54) is 13.5 Å². The lowest BCUT2D eigenvalue weighted by atomic mass is 10.2. The zero-order valence-electron chi connectivity index (χ0n) is 8.37. The van der Waals surface area contributed by atoms with Gasteiger partial charge in [-0.1, -0.05) is 13.0 Å². The van der Waals surface area contributed by atoms with Crippen LogP contribution in [0.1, 0.15) is 22.7 Å². The fraction of sp³-hybridized carbons (Fsp3) is 0.273. The van der Waals surface area contributed by atoms with Crippen molar-refractivity contribution in [3.63, 3.8) is 0 Å². The summed E-state index contributed by atoms with van der Waals surface area (Å²) in [5, 5.41) is 5.64. The molecule has 2 rings (SSSR count). The average molecular weight is 302 g/mol. The maximum absolute atomic E-state index is 3.51.